The van der Waals surface area contributed by atoms with Crippen LogP contribution in [0.15, 0.2) is 136 Å². The topological polar surface area (TPSA) is 12.4 Å². The molecular weight excluding hydrogens is 362 g/mol. The number of rotatable bonds is 9. The van der Waals surface area contributed by atoms with E-state index in [1.165, 1.54) is 22.3 Å². The molecule has 156 valence electrons. The van der Waals surface area contributed by atoms with Crippen molar-refractivity contribution in [2.24, 2.45) is 4.99 Å². The number of aliphatic imine (C=N–C) groups is 1. The maximum atomic E-state index is 4.21. The monoisotopic (exact) mass is 397 g/mol. The first kappa shape index (κ1) is 24.8. The van der Waals surface area contributed by atoms with E-state index in [9.17, 15) is 0 Å². The van der Waals surface area contributed by atoms with E-state index in [1.54, 1.807) is 0 Å². The van der Waals surface area contributed by atoms with Crippen LogP contribution in [0.5, 0.6) is 0 Å². The van der Waals surface area contributed by atoms with Crippen molar-refractivity contribution in [1.29, 1.82) is 0 Å². The molecule has 0 amide bonds. The zero-order valence-corrected chi connectivity index (χ0v) is 19.0. The standard InChI is InChI=1S/C29H35N/c1-6-12-25(2)15-9-16-26(3)13-7-8-14-27(4)17-10-18-28(5)20-21-29-19-11-23-30-24-22-29/h6-22,24H,23H2,1-5H3/b8-7+,12-6+,16-9+,17-10+,21-20+,25-15+,26-13+,27-14+,28-18+. The molecule has 1 aliphatic heterocycles. The first-order valence-corrected chi connectivity index (χ1v) is 10.4. The fourth-order valence-corrected chi connectivity index (χ4v) is 2.45. The molecule has 0 aromatic rings. The lowest BCUT2D eigenvalue weighted by Crippen LogP contribution is -1.73. The van der Waals surface area contributed by atoms with Gasteiger partial charge in [0.05, 0.1) is 6.54 Å². The van der Waals surface area contributed by atoms with Crippen LogP contribution in [0.2, 0.25) is 0 Å². The Kier molecular flexibility index (Phi) is 13.0. The summed E-state index contributed by atoms with van der Waals surface area (Å²) < 4.78 is 0. The Labute approximate surface area is 183 Å². The Balaban J connectivity index is 2.55. The van der Waals surface area contributed by atoms with Gasteiger partial charge in [-0.05, 0) is 46.3 Å². The molecule has 1 heteroatoms. The summed E-state index contributed by atoms with van der Waals surface area (Å²) >= 11 is 0. The average molecular weight is 398 g/mol. The minimum absolute atomic E-state index is 0.755. The summed E-state index contributed by atoms with van der Waals surface area (Å²) in [5, 5.41) is 0. The number of nitrogens with zero attached hydrogens (tertiary/aromatic N) is 1. The van der Waals surface area contributed by atoms with Crippen molar-refractivity contribution < 1.29 is 0 Å². The van der Waals surface area contributed by atoms with Crippen molar-refractivity contribution in [3.63, 3.8) is 0 Å². The molecule has 0 aliphatic carbocycles. The summed E-state index contributed by atoms with van der Waals surface area (Å²) in [6, 6.07) is 0. The lowest BCUT2D eigenvalue weighted by Gasteiger charge is -1.92. The maximum absolute atomic E-state index is 4.21. The Morgan fingerprint density at radius 1 is 0.733 bits per heavy atom. The molecular formula is C29H35N. The zero-order valence-electron chi connectivity index (χ0n) is 19.0. The van der Waals surface area contributed by atoms with Crippen LogP contribution in [0.1, 0.15) is 34.6 Å². The van der Waals surface area contributed by atoms with Crippen LogP contribution in [0, 0.1) is 0 Å². The summed E-state index contributed by atoms with van der Waals surface area (Å²) in [4.78, 5) is 4.21. The first-order valence-electron chi connectivity index (χ1n) is 10.4. The quantitative estimate of drug-likeness (QED) is 0.348. The second-order valence-electron chi connectivity index (χ2n) is 7.16. The third-order valence-corrected chi connectivity index (χ3v) is 4.13. The third kappa shape index (κ3) is 13.1. The van der Waals surface area contributed by atoms with Crippen LogP contribution in [0.3, 0.4) is 0 Å². The fraction of sp³-hybridized carbons (Fsp3) is 0.207. The second kappa shape index (κ2) is 15.7. The van der Waals surface area contributed by atoms with Gasteiger partial charge in [-0.25, -0.2) is 0 Å². The van der Waals surface area contributed by atoms with Gasteiger partial charge in [0.15, 0.2) is 0 Å². The average Bonchev–Trinajstić information content (AvgIpc) is 2.99. The van der Waals surface area contributed by atoms with Gasteiger partial charge in [-0.1, -0.05) is 120 Å². The SMILES string of the molecule is C/C=C/C(C)=C/C=C/C(C)=C/C=C/C=C(C)/C=C/C=C(C)/C=C/C1=CC=NCC=C1. The number of allylic oxidation sites excluding steroid dienone is 21. The molecule has 0 bridgehead atoms. The highest BCUT2D eigenvalue weighted by Crippen LogP contribution is 2.06. The molecule has 1 heterocycles. The van der Waals surface area contributed by atoms with E-state index < -0.39 is 0 Å². The van der Waals surface area contributed by atoms with Crippen LogP contribution in [0.25, 0.3) is 0 Å². The van der Waals surface area contributed by atoms with Crippen LogP contribution >= 0.6 is 0 Å². The van der Waals surface area contributed by atoms with Gasteiger partial charge in [0, 0.05) is 6.21 Å². The highest BCUT2D eigenvalue weighted by molar-refractivity contribution is 5.74. The lowest BCUT2D eigenvalue weighted by molar-refractivity contribution is 1.26. The minimum atomic E-state index is 0.755. The van der Waals surface area contributed by atoms with Crippen molar-refractivity contribution in [3.05, 3.63) is 131 Å². The van der Waals surface area contributed by atoms with E-state index in [0.717, 1.165) is 12.1 Å². The predicted octanol–water partition coefficient (Wildman–Crippen LogP) is 8.14. The van der Waals surface area contributed by atoms with Crippen LogP contribution < -0.4 is 0 Å². The van der Waals surface area contributed by atoms with E-state index >= 15 is 0 Å². The van der Waals surface area contributed by atoms with Gasteiger partial charge in [-0.15, -0.1) is 0 Å². The minimum Gasteiger partial charge on any atom is -0.289 e. The third-order valence-electron chi connectivity index (χ3n) is 4.13. The highest BCUT2D eigenvalue weighted by atomic mass is 14.7. The Bertz CT molecular complexity index is 898. The number of hydrogen-bond acceptors (Lipinski definition) is 1. The Morgan fingerprint density at radius 2 is 1.27 bits per heavy atom. The molecule has 0 spiro atoms. The van der Waals surface area contributed by atoms with Crippen LogP contribution in [-0.2, 0) is 0 Å². The smallest absolute Gasteiger partial charge is 0.0573 e. The zero-order chi connectivity index (χ0) is 22.0. The molecule has 0 aromatic heterocycles. The largest absolute Gasteiger partial charge is 0.289 e. The molecule has 1 nitrogen and oxygen atoms in total. The molecule has 1 rings (SSSR count). The van der Waals surface area contributed by atoms with Gasteiger partial charge in [0.25, 0.3) is 0 Å². The second-order valence-corrected chi connectivity index (χ2v) is 7.16. The molecule has 0 atom stereocenters. The molecule has 0 saturated heterocycles. The van der Waals surface area contributed by atoms with E-state index in [-0.39, 0.29) is 0 Å². The van der Waals surface area contributed by atoms with Crippen LogP contribution in [0.4, 0.5) is 0 Å². The summed E-state index contributed by atoms with van der Waals surface area (Å²) in [6.07, 6.45) is 37.4. The molecule has 0 radical (unpaired) electrons. The number of hydrogen-bond donors (Lipinski definition) is 0. The molecule has 0 unspecified atom stereocenters. The van der Waals surface area contributed by atoms with Crippen molar-refractivity contribution in [1.82, 2.24) is 0 Å². The van der Waals surface area contributed by atoms with Crippen molar-refractivity contribution >= 4 is 6.21 Å². The maximum Gasteiger partial charge on any atom is 0.0573 e. The molecule has 0 fully saturated rings. The molecule has 0 N–H and O–H groups in total. The first-order chi connectivity index (χ1) is 14.5. The highest BCUT2D eigenvalue weighted by Gasteiger charge is 1.88. The summed E-state index contributed by atoms with van der Waals surface area (Å²) in [5.41, 5.74) is 6.03. The lowest BCUT2D eigenvalue weighted by atomic mass is 10.1. The van der Waals surface area contributed by atoms with Gasteiger partial charge in [-0.3, -0.25) is 4.99 Å². The van der Waals surface area contributed by atoms with Gasteiger partial charge < -0.3 is 0 Å². The van der Waals surface area contributed by atoms with Crippen molar-refractivity contribution in [3.8, 4) is 0 Å². The van der Waals surface area contributed by atoms with Crippen molar-refractivity contribution in [2.75, 3.05) is 6.54 Å². The summed E-state index contributed by atoms with van der Waals surface area (Å²) in [6.45, 7) is 11.2. The predicted molar refractivity (Wildman–Crippen MR) is 137 cm³/mol. The van der Waals surface area contributed by atoms with E-state index in [4.69, 9.17) is 0 Å². The Hall–Kier alpha value is -3.19. The fourth-order valence-electron chi connectivity index (χ4n) is 2.45. The normalized spacial score (nSPS) is 17.4. The van der Waals surface area contributed by atoms with Gasteiger partial charge in [0.1, 0.15) is 0 Å². The van der Waals surface area contributed by atoms with E-state index in [1.807, 2.05) is 25.3 Å². The Morgan fingerprint density at radius 3 is 1.87 bits per heavy atom. The molecule has 1 aliphatic rings. The van der Waals surface area contributed by atoms with Crippen molar-refractivity contribution in [2.45, 2.75) is 34.6 Å². The summed E-state index contributed by atoms with van der Waals surface area (Å²) in [5.74, 6) is 0. The van der Waals surface area contributed by atoms with Gasteiger partial charge >= 0.3 is 0 Å². The van der Waals surface area contributed by atoms with Gasteiger partial charge in [0.2, 0.25) is 0 Å². The molecule has 0 aromatic carbocycles. The van der Waals surface area contributed by atoms with E-state index in [0.29, 0.717) is 0 Å². The van der Waals surface area contributed by atoms with Crippen LogP contribution in [-0.4, -0.2) is 12.8 Å². The molecule has 0 saturated carbocycles. The molecule has 30 heavy (non-hydrogen) atoms. The van der Waals surface area contributed by atoms with E-state index in [2.05, 4.69) is 124 Å². The summed E-state index contributed by atoms with van der Waals surface area (Å²) in [7, 11) is 0. The van der Waals surface area contributed by atoms with Gasteiger partial charge in [-0.2, -0.15) is 0 Å².